The number of carboxylic acids is 1. The van der Waals surface area contributed by atoms with Crippen molar-refractivity contribution in [2.45, 2.75) is 45.6 Å². The highest BCUT2D eigenvalue weighted by Crippen LogP contribution is 2.21. The lowest BCUT2D eigenvalue weighted by molar-refractivity contribution is 0.0695. The van der Waals surface area contributed by atoms with Crippen molar-refractivity contribution in [3.05, 3.63) is 23.5 Å². The van der Waals surface area contributed by atoms with Crippen molar-refractivity contribution in [3.8, 4) is 0 Å². The second kappa shape index (κ2) is 6.24. The number of nitrogens with zero attached hydrogens (tertiary/aromatic N) is 2. The second-order valence-electron chi connectivity index (χ2n) is 5.67. The first kappa shape index (κ1) is 14.1. The van der Waals surface area contributed by atoms with E-state index in [9.17, 15) is 9.90 Å². The quantitative estimate of drug-likeness (QED) is 0.889. The molecule has 106 valence electrons. The number of carboxylic acid groups (broad SMARTS) is 1. The van der Waals surface area contributed by atoms with Crippen molar-refractivity contribution in [3.63, 3.8) is 0 Å². The Morgan fingerprint density at radius 3 is 2.53 bits per heavy atom. The molecule has 4 nitrogen and oxygen atoms in total. The second-order valence-corrected chi connectivity index (χ2v) is 5.67. The maximum atomic E-state index is 11.2. The molecule has 1 saturated heterocycles. The highest BCUT2D eigenvalue weighted by Gasteiger charge is 2.18. The van der Waals surface area contributed by atoms with Gasteiger partial charge in [0.05, 0.1) is 5.56 Å². The van der Waals surface area contributed by atoms with E-state index in [1.54, 1.807) is 6.07 Å². The molecule has 0 amide bonds. The molecule has 1 aliphatic heterocycles. The van der Waals surface area contributed by atoms with Crippen LogP contribution in [0.3, 0.4) is 0 Å². The summed E-state index contributed by atoms with van der Waals surface area (Å²) in [5, 5.41) is 9.22. The number of rotatable bonds is 5. The van der Waals surface area contributed by atoms with Gasteiger partial charge < -0.3 is 14.6 Å². The van der Waals surface area contributed by atoms with Gasteiger partial charge in [0.15, 0.2) is 0 Å². The number of likely N-dealkylation sites (tertiary alicyclic amines) is 1. The minimum Gasteiger partial charge on any atom is -0.478 e. The Morgan fingerprint density at radius 2 is 1.95 bits per heavy atom. The van der Waals surface area contributed by atoms with Crippen LogP contribution in [0, 0.1) is 0 Å². The van der Waals surface area contributed by atoms with Crippen molar-refractivity contribution in [1.29, 1.82) is 0 Å². The van der Waals surface area contributed by atoms with Gasteiger partial charge in [0.1, 0.15) is 0 Å². The average molecular weight is 264 g/mol. The van der Waals surface area contributed by atoms with Crippen molar-refractivity contribution < 1.29 is 9.90 Å². The largest absolute Gasteiger partial charge is 0.478 e. The topological polar surface area (TPSA) is 45.5 Å². The standard InChI is InChI=1S/C15H24N2O2/c1-12(2)14-13(15(18)19)6-9-17(14)11-10-16-7-4-3-5-8-16/h6,9,12H,3-5,7-8,10-11H2,1-2H3,(H,18,19). The summed E-state index contributed by atoms with van der Waals surface area (Å²) >= 11 is 0. The first-order chi connectivity index (χ1) is 9.09. The van der Waals surface area contributed by atoms with E-state index in [0.29, 0.717) is 5.56 Å². The molecule has 0 bridgehead atoms. The van der Waals surface area contributed by atoms with Gasteiger partial charge in [-0.25, -0.2) is 4.79 Å². The average Bonchev–Trinajstić information content (AvgIpc) is 2.81. The van der Waals surface area contributed by atoms with E-state index in [1.165, 1.54) is 32.4 Å². The summed E-state index contributed by atoms with van der Waals surface area (Å²) in [5.41, 5.74) is 1.40. The van der Waals surface area contributed by atoms with E-state index in [0.717, 1.165) is 18.8 Å². The van der Waals surface area contributed by atoms with Gasteiger partial charge in [0.25, 0.3) is 0 Å². The Labute approximate surface area is 115 Å². The molecule has 0 unspecified atom stereocenters. The van der Waals surface area contributed by atoms with Crippen LogP contribution in [0.4, 0.5) is 0 Å². The lowest BCUT2D eigenvalue weighted by Crippen LogP contribution is -2.32. The lowest BCUT2D eigenvalue weighted by atomic mass is 10.1. The van der Waals surface area contributed by atoms with Crippen LogP contribution in [0.1, 0.15) is 55.1 Å². The van der Waals surface area contributed by atoms with E-state index in [4.69, 9.17) is 0 Å². The van der Waals surface area contributed by atoms with Crippen molar-refractivity contribution >= 4 is 5.97 Å². The van der Waals surface area contributed by atoms with Gasteiger partial charge in [0, 0.05) is 25.0 Å². The third-order valence-corrected chi connectivity index (χ3v) is 3.89. The maximum Gasteiger partial charge on any atom is 0.337 e. The van der Waals surface area contributed by atoms with Crippen LogP contribution in [0.2, 0.25) is 0 Å². The number of hydrogen-bond acceptors (Lipinski definition) is 2. The monoisotopic (exact) mass is 264 g/mol. The molecule has 1 aromatic heterocycles. The first-order valence-corrected chi connectivity index (χ1v) is 7.24. The minimum atomic E-state index is -0.819. The first-order valence-electron chi connectivity index (χ1n) is 7.24. The highest BCUT2D eigenvalue weighted by molar-refractivity contribution is 5.89. The van der Waals surface area contributed by atoms with E-state index in [-0.39, 0.29) is 5.92 Å². The summed E-state index contributed by atoms with van der Waals surface area (Å²) in [6.45, 7) is 8.39. The van der Waals surface area contributed by atoms with E-state index >= 15 is 0 Å². The van der Waals surface area contributed by atoms with Gasteiger partial charge in [0.2, 0.25) is 0 Å². The number of carbonyl (C=O) groups is 1. The molecule has 2 heterocycles. The van der Waals surface area contributed by atoms with Crippen LogP contribution in [0.5, 0.6) is 0 Å². The molecule has 0 aromatic carbocycles. The summed E-state index contributed by atoms with van der Waals surface area (Å²) in [7, 11) is 0. The smallest absolute Gasteiger partial charge is 0.337 e. The van der Waals surface area contributed by atoms with Crippen molar-refractivity contribution in [1.82, 2.24) is 9.47 Å². The van der Waals surface area contributed by atoms with Gasteiger partial charge in [-0.2, -0.15) is 0 Å². The molecule has 0 aliphatic carbocycles. The fraction of sp³-hybridized carbons (Fsp3) is 0.667. The van der Waals surface area contributed by atoms with Gasteiger partial charge in [-0.15, -0.1) is 0 Å². The lowest BCUT2D eigenvalue weighted by Gasteiger charge is -2.27. The zero-order valence-corrected chi connectivity index (χ0v) is 11.9. The molecule has 1 aromatic rings. The van der Waals surface area contributed by atoms with Gasteiger partial charge in [-0.1, -0.05) is 20.3 Å². The number of aromatic nitrogens is 1. The van der Waals surface area contributed by atoms with Crippen LogP contribution < -0.4 is 0 Å². The third kappa shape index (κ3) is 3.38. The molecule has 4 heteroatoms. The molecule has 0 spiro atoms. The fourth-order valence-corrected chi connectivity index (χ4v) is 2.94. The van der Waals surface area contributed by atoms with Crippen LogP contribution in [0.15, 0.2) is 12.3 Å². The van der Waals surface area contributed by atoms with Gasteiger partial charge in [-0.05, 0) is 37.9 Å². The van der Waals surface area contributed by atoms with Crippen LogP contribution >= 0.6 is 0 Å². The number of piperidine rings is 1. The van der Waals surface area contributed by atoms with E-state index < -0.39 is 5.97 Å². The third-order valence-electron chi connectivity index (χ3n) is 3.89. The Hall–Kier alpha value is -1.29. The molecule has 0 radical (unpaired) electrons. The Balaban J connectivity index is 2.05. The zero-order chi connectivity index (χ0) is 13.8. The fourth-order valence-electron chi connectivity index (χ4n) is 2.94. The summed E-state index contributed by atoms with van der Waals surface area (Å²) in [5.74, 6) is -0.581. The highest BCUT2D eigenvalue weighted by atomic mass is 16.4. The van der Waals surface area contributed by atoms with E-state index in [1.807, 2.05) is 6.20 Å². The zero-order valence-electron chi connectivity index (χ0n) is 11.9. The Morgan fingerprint density at radius 1 is 1.26 bits per heavy atom. The molecule has 1 aliphatic rings. The molecule has 0 atom stereocenters. The molecule has 1 fully saturated rings. The predicted octanol–water partition coefficient (Wildman–Crippen LogP) is 2.80. The predicted molar refractivity (Wildman–Crippen MR) is 75.8 cm³/mol. The summed E-state index contributed by atoms with van der Waals surface area (Å²) in [4.78, 5) is 13.7. The minimum absolute atomic E-state index is 0.238. The molecule has 19 heavy (non-hydrogen) atoms. The van der Waals surface area contributed by atoms with Crippen molar-refractivity contribution in [2.75, 3.05) is 19.6 Å². The van der Waals surface area contributed by atoms with Gasteiger partial charge in [-0.3, -0.25) is 0 Å². The SMILES string of the molecule is CC(C)c1c(C(=O)O)ccn1CCN1CCCCC1. The maximum absolute atomic E-state index is 11.2. The van der Waals surface area contributed by atoms with Crippen LogP contribution in [0.25, 0.3) is 0 Å². The molecule has 2 rings (SSSR count). The summed E-state index contributed by atoms with van der Waals surface area (Å²) in [6, 6.07) is 1.73. The molecule has 1 N–H and O–H groups in total. The van der Waals surface area contributed by atoms with Crippen molar-refractivity contribution in [2.24, 2.45) is 0 Å². The molecular formula is C15H24N2O2. The normalized spacial score (nSPS) is 17.0. The Kier molecular flexibility index (Phi) is 4.64. The van der Waals surface area contributed by atoms with E-state index in [2.05, 4.69) is 23.3 Å². The molecular weight excluding hydrogens is 240 g/mol. The van der Waals surface area contributed by atoms with Crippen LogP contribution in [-0.2, 0) is 6.54 Å². The van der Waals surface area contributed by atoms with Gasteiger partial charge >= 0.3 is 5.97 Å². The van der Waals surface area contributed by atoms with Crippen LogP contribution in [-0.4, -0.2) is 40.2 Å². The summed E-state index contributed by atoms with van der Waals surface area (Å²) in [6.07, 6.45) is 5.86. The summed E-state index contributed by atoms with van der Waals surface area (Å²) < 4.78 is 2.11. The number of aromatic carboxylic acids is 1. The number of hydrogen-bond donors (Lipinski definition) is 1. The Bertz CT molecular complexity index is 431. The molecule has 0 saturated carbocycles.